The Morgan fingerprint density at radius 3 is 2.46 bits per heavy atom. The summed E-state index contributed by atoms with van der Waals surface area (Å²) in [5.41, 5.74) is 2.70. The van der Waals surface area contributed by atoms with Gasteiger partial charge in [-0.15, -0.1) is 0 Å². The standard InChI is InChI=1S/C21H22N4O/c26-18-12-6-11-17(13-18)22-20-14-19(15-7-2-1-3-8-15)24-21(25-20)23-16-9-4-5-10-16/h1-3,6-8,11-14,16,26H,4-5,9-10H2,(H2,22,23,24,25). The molecule has 3 N–H and O–H groups in total. The number of nitrogens with one attached hydrogen (secondary N) is 2. The summed E-state index contributed by atoms with van der Waals surface area (Å²) in [5.74, 6) is 1.56. The highest BCUT2D eigenvalue weighted by atomic mass is 16.3. The zero-order valence-corrected chi connectivity index (χ0v) is 14.5. The van der Waals surface area contributed by atoms with E-state index in [2.05, 4.69) is 15.6 Å². The second kappa shape index (κ2) is 7.44. The Morgan fingerprint density at radius 1 is 0.885 bits per heavy atom. The summed E-state index contributed by atoms with van der Waals surface area (Å²) < 4.78 is 0. The van der Waals surface area contributed by atoms with E-state index in [1.54, 1.807) is 18.2 Å². The summed E-state index contributed by atoms with van der Waals surface area (Å²) in [6.45, 7) is 0. The maximum absolute atomic E-state index is 9.68. The normalized spacial score (nSPS) is 14.3. The molecule has 0 radical (unpaired) electrons. The molecule has 2 aromatic carbocycles. The summed E-state index contributed by atoms with van der Waals surface area (Å²) >= 11 is 0. The largest absolute Gasteiger partial charge is 0.508 e. The van der Waals surface area contributed by atoms with Crippen LogP contribution in [0.25, 0.3) is 11.3 Å². The van der Waals surface area contributed by atoms with E-state index < -0.39 is 0 Å². The highest BCUT2D eigenvalue weighted by Crippen LogP contribution is 2.27. The van der Waals surface area contributed by atoms with Crippen LogP contribution in [0, 0.1) is 0 Å². The molecule has 0 amide bonds. The zero-order valence-electron chi connectivity index (χ0n) is 14.5. The number of aromatic hydroxyl groups is 1. The lowest BCUT2D eigenvalue weighted by Gasteiger charge is -2.15. The van der Waals surface area contributed by atoms with Gasteiger partial charge in [0.1, 0.15) is 11.6 Å². The number of anilines is 3. The van der Waals surface area contributed by atoms with E-state index in [0.717, 1.165) is 29.8 Å². The third-order valence-electron chi connectivity index (χ3n) is 4.60. The van der Waals surface area contributed by atoms with Gasteiger partial charge in [-0.1, -0.05) is 49.2 Å². The molecule has 5 heteroatoms. The smallest absolute Gasteiger partial charge is 0.225 e. The van der Waals surface area contributed by atoms with Crippen molar-refractivity contribution in [2.24, 2.45) is 0 Å². The molecule has 0 aliphatic heterocycles. The van der Waals surface area contributed by atoms with Crippen molar-refractivity contribution in [3.63, 3.8) is 0 Å². The molecule has 4 rings (SSSR count). The van der Waals surface area contributed by atoms with Crippen molar-refractivity contribution in [2.45, 2.75) is 31.7 Å². The van der Waals surface area contributed by atoms with Crippen LogP contribution in [0.4, 0.5) is 17.5 Å². The van der Waals surface area contributed by atoms with Gasteiger partial charge in [-0.3, -0.25) is 0 Å². The fourth-order valence-electron chi connectivity index (χ4n) is 3.32. The van der Waals surface area contributed by atoms with E-state index in [1.807, 2.05) is 42.5 Å². The summed E-state index contributed by atoms with van der Waals surface area (Å²) in [5, 5.41) is 16.4. The van der Waals surface area contributed by atoms with Crippen LogP contribution in [-0.4, -0.2) is 21.1 Å². The topological polar surface area (TPSA) is 70.1 Å². The minimum absolute atomic E-state index is 0.219. The average molecular weight is 346 g/mol. The molecule has 3 aromatic rings. The quantitative estimate of drug-likeness (QED) is 0.610. The first-order chi connectivity index (χ1) is 12.8. The van der Waals surface area contributed by atoms with Crippen LogP contribution in [0.2, 0.25) is 0 Å². The van der Waals surface area contributed by atoms with Gasteiger partial charge in [0, 0.05) is 29.4 Å². The summed E-state index contributed by atoms with van der Waals surface area (Å²) in [7, 11) is 0. The van der Waals surface area contributed by atoms with Crippen LogP contribution in [0.15, 0.2) is 60.7 Å². The Bertz CT molecular complexity index is 876. The minimum atomic E-state index is 0.219. The number of benzene rings is 2. The van der Waals surface area contributed by atoms with E-state index in [4.69, 9.17) is 4.98 Å². The monoisotopic (exact) mass is 346 g/mol. The lowest BCUT2D eigenvalue weighted by molar-refractivity contribution is 0.475. The predicted molar refractivity (Wildman–Crippen MR) is 105 cm³/mol. The predicted octanol–water partition coefficient (Wildman–Crippen LogP) is 4.95. The fraction of sp³-hybridized carbons (Fsp3) is 0.238. The maximum Gasteiger partial charge on any atom is 0.225 e. The number of rotatable bonds is 5. The van der Waals surface area contributed by atoms with E-state index in [-0.39, 0.29) is 5.75 Å². The van der Waals surface area contributed by atoms with Gasteiger partial charge in [0.15, 0.2) is 0 Å². The van der Waals surface area contributed by atoms with Crippen LogP contribution in [-0.2, 0) is 0 Å². The van der Waals surface area contributed by atoms with E-state index in [1.165, 1.54) is 12.8 Å². The number of phenols is 1. The van der Waals surface area contributed by atoms with Crippen molar-refractivity contribution in [2.75, 3.05) is 10.6 Å². The molecule has 0 saturated heterocycles. The van der Waals surface area contributed by atoms with Crippen molar-refractivity contribution < 1.29 is 5.11 Å². The Hall–Kier alpha value is -3.08. The van der Waals surface area contributed by atoms with Gasteiger partial charge in [0.2, 0.25) is 5.95 Å². The lowest BCUT2D eigenvalue weighted by Crippen LogP contribution is -2.17. The number of aromatic nitrogens is 2. The fourth-order valence-corrected chi connectivity index (χ4v) is 3.32. The number of nitrogens with zero attached hydrogens (tertiary/aromatic N) is 2. The Labute approximate surface area is 153 Å². The molecule has 0 atom stereocenters. The first-order valence-electron chi connectivity index (χ1n) is 9.03. The minimum Gasteiger partial charge on any atom is -0.508 e. The van der Waals surface area contributed by atoms with Crippen LogP contribution in [0.1, 0.15) is 25.7 Å². The second-order valence-corrected chi connectivity index (χ2v) is 6.63. The number of hydrogen-bond donors (Lipinski definition) is 3. The number of phenolic OH excluding ortho intramolecular Hbond substituents is 1. The molecular weight excluding hydrogens is 324 g/mol. The maximum atomic E-state index is 9.68. The molecule has 1 aliphatic carbocycles. The molecule has 26 heavy (non-hydrogen) atoms. The molecule has 0 bridgehead atoms. The zero-order chi connectivity index (χ0) is 17.8. The van der Waals surface area contributed by atoms with Gasteiger partial charge in [-0.25, -0.2) is 4.98 Å². The Morgan fingerprint density at radius 2 is 1.69 bits per heavy atom. The highest BCUT2D eigenvalue weighted by Gasteiger charge is 2.16. The van der Waals surface area contributed by atoms with Gasteiger partial charge in [-0.05, 0) is 25.0 Å². The van der Waals surface area contributed by atoms with Crippen molar-refractivity contribution in [1.82, 2.24) is 9.97 Å². The molecular formula is C21H22N4O. The van der Waals surface area contributed by atoms with Crippen molar-refractivity contribution >= 4 is 17.5 Å². The van der Waals surface area contributed by atoms with Crippen molar-refractivity contribution in [3.8, 4) is 17.0 Å². The molecule has 0 spiro atoms. The van der Waals surface area contributed by atoms with Gasteiger partial charge in [-0.2, -0.15) is 4.98 Å². The van der Waals surface area contributed by atoms with Crippen LogP contribution >= 0.6 is 0 Å². The van der Waals surface area contributed by atoms with Gasteiger partial charge < -0.3 is 15.7 Å². The Balaban J connectivity index is 1.67. The third kappa shape index (κ3) is 3.94. The van der Waals surface area contributed by atoms with E-state index in [9.17, 15) is 5.11 Å². The molecule has 1 aromatic heterocycles. The van der Waals surface area contributed by atoms with Crippen molar-refractivity contribution in [1.29, 1.82) is 0 Å². The molecule has 1 aliphatic rings. The second-order valence-electron chi connectivity index (χ2n) is 6.63. The third-order valence-corrected chi connectivity index (χ3v) is 4.60. The van der Waals surface area contributed by atoms with Gasteiger partial charge in [0.25, 0.3) is 0 Å². The highest BCUT2D eigenvalue weighted by molar-refractivity contribution is 5.67. The van der Waals surface area contributed by atoms with Gasteiger partial charge in [0.05, 0.1) is 5.69 Å². The SMILES string of the molecule is Oc1cccc(Nc2cc(-c3ccccc3)nc(NC3CCCC3)n2)c1. The lowest BCUT2D eigenvalue weighted by atomic mass is 10.1. The molecule has 0 unspecified atom stereocenters. The molecule has 1 saturated carbocycles. The average Bonchev–Trinajstić information content (AvgIpc) is 3.15. The van der Waals surface area contributed by atoms with Gasteiger partial charge >= 0.3 is 0 Å². The number of hydrogen-bond acceptors (Lipinski definition) is 5. The summed E-state index contributed by atoms with van der Waals surface area (Å²) in [6.07, 6.45) is 4.83. The first kappa shape index (κ1) is 16.4. The molecule has 132 valence electrons. The van der Waals surface area contributed by atoms with Crippen molar-refractivity contribution in [3.05, 3.63) is 60.7 Å². The summed E-state index contributed by atoms with van der Waals surface area (Å²) in [6, 6.07) is 19.5. The summed E-state index contributed by atoms with van der Waals surface area (Å²) in [4.78, 5) is 9.35. The van der Waals surface area contributed by atoms with E-state index in [0.29, 0.717) is 17.8 Å². The molecule has 1 heterocycles. The molecule has 5 nitrogen and oxygen atoms in total. The van der Waals surface area contributed by atoms with Crippen LogP contribution in [0.3, 0.4) is 0 Å². The Kier molecular flexibility index (Phi) is 4.69. The first-order valence-corrected chi connectivity index (χ1v) is 9.03. The molecule has 1 fully saturated rings. The van der Waals surface area contributed by atoms with E-state index >= 15 is 0 Å². The van der Waals surface area contributed by atoms with Crippen LogP contribution in [0.5, 0.6) is 5.75 Å². The van der Waals surface area contributed by atoms with Crippen LogP contribution < -0.4 is 10.6 Å².